The smallest absolute Gasteiger partial charge is 0.256 e. The molecular formula is C16H17NO2S. The third kappa shape index (κ3) is 3.20. The lowest BCUT2D eigenvalue weighted by Gasteiger charge is -2.13. The molecule has 1 saturated carbocycles. The van der Waals surface area contributed by atoms with Gasteiger partial charge >= 0.3 is 0 Å². The number of hydrogen-bond donors (Lipinski definition) is 1. The summed E-state index contributed by atoms with van der Waals surface area (Å²) in [6.45, 7) is 0. The second-order valence-electron chi connectivity index (χ2n) is 5.01. The monoisotopic (exact) mass is 287 g/mol. The number of thiophene rings is 1. The average Bonchev–Trinajstić information content (AvgIpc) is 3.13. The molecule has 2 aromatic rings. The third-order valence-corrected chi connectivity index (χ3v) is 4.18. The molecule has 0 atom stereocenters. The van der Waals surface area contributed by atoms with Crippen molar-refractivity contribution in [1.29, 1.82) is 0 Å². The Morgan fingerprint density at radius 3 is 2.55 bits per heavy atom. The van der Waals surface area contributed by atoms with E-state index in [1.165, 1.54) is 24.2 Å². The summed E-state index contributed by atoms with van der Waals surface area (Å²) in [4.78, 5) is 11.9. The van der Waals surface area contributed by atoms with Crippen molar-refractivity contribution in [3.63, 3.8) is 0 Å². The second-order valence-corrected chi connectivity index (χ2v) is 5.79. The zero-order valence-corrected chi connectivity index (χ0v) is 12.0. The molecule has 1 heterocycles. The molecule has 1 aromatic carbocycles. The van der Waals surface area contributed by atoms with Gasteiger partial charge in [-0.25, -0.2) is 0 Å². The fraction of sp³-hybridized carbons (Fsp3) is 0.312. The number of benzene rings is 1. The number of ether oxygens (including phenoxy) is 1. The molecule has 104 valence electrons. The normalized spacial score (nSPS) is 15.2. The van der Waals surface area contributed by atoms with Crippen LogP contribution < -0.4 is 10.1 Å². The predicted octanol–water partition coefficient (Wildman–Crippen LogP) is 4.32. The van der Waals surface area contributed by atoms with Crippen LogP contribution in [0.25, 0.3) is 0 Å². The Kier molecular flexibility index (Phi) is 4.02. The number of amides is 1. The lowest BCUT2D eigenvalue weighted by molar-refractivity contribution is 0.102. The molecule has 0 spiro atoms. The van der Waals surface area contributed by atoms with Gasteiger partial charge < -0.3 is 10.1 Å². The standard InChI is InChI=1S/C16H17NO2S/c18-16(12-9-10-20-11-12)17-13-5-7-15(8-6-13)19-14-3-1-2-4-14/h5-11,14H,1-4H2,(H,17,18). The molecule has 3 rings (SSSR count). The van der Waals surface area contributed by atoms with E-state index in [4.69, 9.17) is 4.74 Å². The minimum atomic E-state index is -0.0734. The van der Waals surface area contributed by atoms with Gasteiger partial charge in [0.15, 0.2) is 0 Å². The van der Waals surface area contributed by atoms with Gasteiger partial charge in [-0.05, 0) is 61.4 Å². The Morgan fingerprint density at radius 2 is 1.90 bits per heavy atom. The number of anilines is 1. The third-order valence-electron chi connectivity index (χ3n) is 3.50. The van der Waals surface area contributed by atoms with Gasteiger partial charge in [-0.1, -0.05) is 0 Å². The fourth-order valence-corrected chi connectivity index (χ4v) is 3.05. The van der Waals surface area contributed by atoms with Crippen LogP contribution in [0.2, 0.25) is 0 Å². The molecule has 0 saturated heterocycles. The average molecular weight is 287 g/mol. The summed E-state index contributed by atoms with van der Waals surface area (Å²) in [5.41, 5.74) is 1.49. The van der Waals surface area contributed by atoms with Crippen molar-refractivity contribution in [2.45, 2.75) is 31.8 Å². The Morgan fingerprint density at radius 1 is 1.15 bits per heavy atom. The largest absolute Gasteiger partial charge is 0.490 e. The van der Waals surface area contributed by atoms with Crippen LogP contribution in [-0.4, -0.2) is 12.0 Å². The van der Waals surface area contributed by atoms with Crippen LogP contribution in [-0.2, 0) is 0 Å². The van der Waals surface area contributed by atoms with E-state index >= 15 is 0 Å². The van der Waals surface area contributed by atoms with Crippen LogP contribution in [0.4, 0.5) is 5.69 Å². The zero-order valence-electron chi connectivity index (χ0n) is 11.2. The quantitative estimate of drug-likeness (QED) is 0.909. The van der Waals surface area contributed by atoms with Gasteiger partial charge in [0.05, 0.1) is 11.7 Å². The SMILES string of the molecule is O=C(Nc1ccc(OC2CCCC2)cc1)c1ccsc1. The van der Waals surface area contributed by atoms with Gasteiger partial charge in [0.2, 0.25) is 0 Å². The number of rotatable bonds is 4. The molecule has 0 unspecified atom stereocenters. The maximum absolute atomic E-state index is 11.9. The van der Waals surface area contributed by atoms with Crippen LogP contribution in [0.5, 0.6) is 5.75 Å². The minimum Gasteiger partial charge on any atom is -0.490 e. The molecule has 1 aliphatic rings. The van der Waals surface area contributed by atoms with Gasteiger partial charge in [-0.2, -0.15) is 11.3 Å². The van der Waals surface area contributed by atoms with E-state index in [-0.39, 0.29) is 5.91 Å². The maximum Gasteiger partial charge on any atom is 0.256 e. The van der Waals surface area contributed by atoms with Crippen molar-refractivity contribution < 1.29 is 9.53 Å². The van der Waals surface area contributed by atoms with Crippen molar-refractivity contribution in [2.75, 3.05) is 5.32 Å². The van der Waals surface area contributed by atoms with E-state index in [1.54, 1.807) is 0 Å². The molecule has 0 bridgehead atoms. The lowest BCUT2D eigenvalue weighted by atomic mass is 10.2. The maximum atomic E-state index is 11.9. The van der Waals surface area contributed by atoms with E-state index < -0.39 is 0 Å². The molecule has 3 nitrogen and oxygen atoms in total. The number of carbonyl (C=O) groups excluding carboxylic acids is 1. The molecule has 20 heavy (non-hydrogen) atoms. The van der Waals surface area contributed by atoms with Crippen molar-refractivity contribution in [1.82, 2.24) is 0 Å². The highest BCUT2D eigenvalue weighted by Gasteiger charge is 2.16. The van der Waals surface area contributed by atoms with E-state index in [9.17, 15) is 4.79 Å². The molecule has 1 amide bonds. The first-order chi connectivity index (χ1) is 9.81. The van der Waals surface area contributed by atoms with Crippen LogP contribution in [0.3, 0.4) is 0 Å². The summed E-state index contributed by atoms with van der Waals surface area (Å²) in [6, 6.07) is 9.42. The Bertz CT molecular complexity index is 557. The van der Waals surface area contributed by atoms with Gasteiger partial charge in [-0.3, -0.25) is 4.79 Å². The van der Waals surface area contributed by atoms with E-state index in [1.807, 2.05) is 41.1 Å². The molecule has 1 aliphatic carbocycles. The summed E-state index contributed by atoms with van der Waals surface area (Å²) in [5, 5.41) is 6.61. The van der Waals surface area contributed by atoms with E-state index in [2.05, 4.69) is 5.32 Å². The molecular weight excluding hydrogens is 270 g/mol. The van der Waals surface area contributed by atoms with Crippen LogP contribution in [0.1, 0.15) is 36.0 Å². The Labute approximate surface area is 122 Å². The summed E-state index contributed by atoms with van der Waals surface area (Å²) in [5.74, 6) is 0.807. The molecule has 1 fully saturated rings. The summed E-state index contributed by atoms with van der Waals surface area (Å²) < 4.78 is 5.90. The number of carbonyl (C=O) groups is 1. The van der Waals surface area contributed by atoms with Crippen molar-refractivity contribution in [3.05, 3.63) is 46.7 Å². The first kappa shape index (κ1) is 13.2. The lowest BCUT2D eigenvalue weighted by Crippen LogP contribution is -2.12. The minimum absolute atomic E-state index is 0.0734. The Hall–Kier alpha value is -1.81. The van der Waals surface area contributed by atoms with Gasteiger partial charge in [0.1, 0.15) is 5.75 Å². The topological polar surface area (TPSA) is 38.3 Å². The highest BCUT2D eigenvalue weighted by molar-refractivity contribution is 7.08. The van der Waals surface area contributed by atoms with Crippen LogP contribution in [0.15, 0.2) is 41.1 Å². The zero-order chi connectivity index (χ0) is 13.8. The van der Waals surface area contributed by atoms with Gasteiger partial charge in [0.25, 0.3) is 5.91 Å². The fourth-order valence-electron chi connectivity index (χ4n) is 2.41. The van der Waals surface area contributed by atoms with Crippen molar-refractivity contribution in [2.24, 2.45) is 0 Å². The molecule has 0 radical (unpaired) electrons. The number of nitrogens with one attached hydrogen (secondary N) is 1. The second kappa shape index (κ2) is 6.09. The van der Waals surface area contributed by atoms with E-state index in [0.717, 1.165) is 24.3 Å². The van der Waals surface area contributed by atoms with E-state index in [0.29, 0.717) is 11.7 Å². The number of hydrogen-bond acceptors (Lipinski definition) is 3. The first-order valence-electron chi connectivity index (χ1n) is 6.91. The summed E-state index contributed by atoms with van der Waals surface area (Å²) >= 11 is 1.52. The molecule has 1 N–H and O–H groups in total. The molecule has 1 aromatic heterocycles. The molecule has 4 heteroatoms. The van der Waals surface area contributed by atoms with Crippen LogP contribution in [0, 0.1) is 0 Å². The molecule has 0 aliphatic heterocycles. The Balaban J connectivity index is 1.59. The van der Waals surface area contributed by atoms with Crippen molar-refractivity contribution >= 4 is 22.9 Å². The summed E-state index contributed by atoms with van der Waals surface area (Å²) in [6.07, 6.45) is 5.19. The summed E-state index contributed by atoms with van der Waals surface area (Å²) in [7, 11) is 0. The highest BCUT2D eigenvalue weighted by atomic mass is 32.1. The van der Waals surface area contributed by atoms with Gasteiger partial charge in [-0.15, -0.1) is 0 Å². The van der Waals surface area contributed by atoms with Gasteiger partial charge in [0, 0.05) is 11.1 Å². The first-order valence-corrected chi connectivity index (χ1v) is 7.86. The van der Waals surface area contributed by atoms with Crippen LogP contribution >= 0.6 is 11.3 Å². The predicted molar refractivity (Wildman–Crippen MR) is 81.6 cm³/mol. The highest BCUT2D eigenvalue weighted by Crippen LogP contribution is 2.25. The van der Waals surface area contributed by atoms with Crippen molar-refractivity contribution in [3.8, 4) is 5.75 Å².